The topological polar surface area (TPSA) is 24.5 Å². The van der Waals surface area contributed by atoms with Crippen molar-refractivity contribution in [3.05, 3.63) is 35.6 Å². The van der Waals surface area contributed by atoms with Gasteiger partial charge in [-0.05, 0) is 37.8 Å². The minimum atomic E-state index is -0.0881. The van der Waals surface area contributed by atoms with Gasteiger partial charge in [-0.1, -0.05) is 31.0 Å². The smallest absolute Gasteiger partial charge is 0.126 e. The molecule has 0 radical (unpaired) electrons. The Balaban J connectivity index is 1.61. The van der Waals surface area contributed by atoms with Crippen LogP contribution >= 0.6 is 0 Å². The maximum absolute atomic E-state index is 13.9. The zero-order valence-electron chi connectivity index (χ0n) is 14.2. The summed E-state index contributed by atoms with van der Waals surface area (Å²) in [6.45, 7) is 7.04. The fourth-order valence-electron chi connectivity index (χ4n) is 4.15. The molecule has 0 bridgehead atoms. The van der Waals surface area contributed by atoms with Gasteiger partial charge in [-0.3, -0.25) is 4.90 Å². The largest absolute Gasteiger partial charge is 0.379 e. The lowest BCUT2D eigenvalue weighted by Crippen LogP contribution is -2.56. The molecule has 0 unspecified atom stereocenters. The molecule has 1 aliphatic heterocycles. The van der Waals surface area contributed by atoms with Crippen molar-refractivity contribution in [3.8, 4) is 0 Å². The molecule has 0 aromatic heterocycles. The molecule has 1 aromatic rings. The van der Waals surface area contributed by atoms with Crippen molar-refractivity contribution in [2.75, 3.05) is 32.8 Å². The van der Waals surface area contributed by atoms with Crippen molar-refractivity contribution in [1.82, 2.24) is 10.2 Å². The summed E-state index contributed by atoms with van der Waals surface area (Å²) in [5.41, 5.74) is 1.01. The van der Waals surface area contributed by atoms with Crippen LogP contribution in [0.15, 0.2) is 24.3 Å². The lowest BCUT2D eigenvalue weighted by Gasteiger charge is -2.40. The fourth-order valence-corrected chi connectivity index (χ4v) is 4.15. The molecule has 1 N–H and O–H groups in total. The molecule has 0 spiro atoms. The maximum Gasteiger partial charge on any atom is 0.126 e. The van der Waals surface area contributed by atoms with Crippen molar-refractivity contribution in [1.29, 1.82) is 0 Å². The molecule has 2 aliphatic rings. The lowest BCUT2D eigenvalue weighted by atomic mass is 9.93. The van der Waals surface area contributed by atoms with E-state index in [1.165, 1.54) is 25.7 Å². The van der Waals surface area contributed by atoms with Crippen LogP contribution in [0.3, 0.4) is 0 Å². The first-order valence-corrected chi connectivity index (χ1v) is 8.98. The Labute approximate surface area is 139 Å². The van der Waals surface area contributed by atoms with E-state index in [9.17, 15) is 4.39 Å². The summed E-state index contributed by atoms with van der Waals surface area (Å²) in [4.78, 5) is 2.53. The number of nitrogens with one attached hydrogen (secondary N) is 1. The molecular weight excluding hydrogens is 291 g/mol. The van der Waals surface area contributed by atoms with Crippen molar-refractivity contribution < 1.29 is 9.13 Å². The predicted molar refractivity (Wildman–Crippen MR) is 91.2 cm³/mol. The highest BCUT2D eigenvalue weighted by atomic mass is 19.1. The first-order chi connectivity index (χ1) is 11.2. The first kappa shape index (κ1) is 16.9. The van der Waals surface area contributed by atoms with Crippen molar-refractivity contribution >= 4 is 0 Å². The summed E-state index contributed by atoms with van der Waals surface area (Å²) >= 11 is 0. The minimum absolute atomic E-state index is 0.0881. The molecule has 2 fully saturated rings. The van der Waals surface area contributed by atoms with Gasteiger partial charge in [0.1, 0.15) is 5.82 Å². The number of morpholine rings is 1. The van der Waals surface area contributed by atoms with Gasteiger partial charge in [0.15, 0.2) is 0 Å². The van der Waals surface area contributed by atoms with Gasteiger partial charge in [-0.25, -0.2) is 4.39 Å². The van der Waals surface area contributed by atoms with Gasteiger partial charge in [0.25, 0.3) is 0 Å². The molecule has 1 saturated carbocycles. The third-order valence-corrected chi connectivity index (χ3v) is 5.23. The molecule has 1 aliphatic carbocycles. The van der Waals surface area contributed by atoms with Crippen LogP contribution in [0.4, 0.5) is 4.39 Å². The molecule has 1 saturated heterocycles. The number of hydrogen-bond acceptors (Lipinski definition) is 3. The van der Waals surface area contributed by atoms with Crippen LogP contribution in [0, 0.1) is 5.82 Å². The quantitative estimate of drug-likeness (QED) is 0.872. The number of ether oxygens (including phenoxy) is 1. The summed E-state index contributed by atoms with van der Waals surface area (Å²) < 4.78 is 19.3. The number of hydrogen-bond donors (Lipinski definition) is 1. The van der Waals surface area contributed by atoms with Crippen LogP contribution in [0.25, 0.3) is 0 Å². The number of nitrogens with zero attached hydrogens (tertiary/aromatic N) is 1. The highest BCUT2D eigenvalue weighted by Gasteiger charge is 2.36. The van der Waals surface area contributed by atoms with Crippen LogP contribution in [0.1, 0.15) is 38.2 Å². The predicted octanol–water partition coefficient (Wildman–Crippen LogP) is 2.99. The number of benzene rings is 1. The van der Waals surface area contributed by atoms with Crippen LogP contribution in [0.2, 0.25) is 0 Å². The standard InChI is InChI=1S/C19H29FN2O/c1-16(14-17-6-2-3-7-18(17)20)21-19(8-4-5-9-19)15-22-10-12-23-13-11-22/h2-3,6-7,16,21H,4-5,8-15H2,1H3/t16-/m1/s1. The molecule has 128 valence electrons. The average Bonchev–Trinajstić information content (AvgIpc) is 2.98. The van der Waals surface area contributed by atoms with E-state index in [2.05, 4.69) is 17.1 Å². The molecule has 1 heterocycles. The van der Waals surface area contributed by atoms with Crippen LogP contribution in [0.5, 0.6) is 0 Å². The van der Waals surface area contributed by atoms with Gasteiger partial charge in [0.05, 0.1) is 13.2 Å². The monoisotopic (exact) mass is 320 g/mol. The van der Waals surface area contributed by atoms with E-state index in [-0.39, 0.29) is 17.4 Å². The summed E-state index contributed by atoms with van der Waals surface area (Å²) in [7, 11) is 0. The Morgan fingerprint density at radius 3 is 2.61 bits per heavy atom. The van der Waals surface area contributed by atoms with Crippen molar-refractivity contribution in [2.24, 2.45) is 0 Å². The fraction of sp³-hybridized carbons (Fsp3) is 0.684. The Morgan fingerprint density at radius 1 is 1.22 bits per heavy atom. The zero-order valence-corrected chi connectivity index (χ0v) is 14.2. The molecule has 4 heteroatoms. The SMILES string of the molecule is C[C@H](Cc1ccccc1F)NC1(CN2CCOCC2)CCCC1. The third-order valence-electron chi connectivity index (χ3n) is 5.23. The summed E-state index contributed by atoms with van der Waals surface area (Å²) in [5.74, 6) is -0.0881. The first-order valence-electron chi connectivity index (χ1n) is 8.98. The summed E-state index contributed by atoms with van der Waals surface area (Å²) in [5, 5.41) is 3.87. The molecule has 3 nitrogen and oxygen atoms in total. The van der Waals surface area contributed by atoms with E-state index in [1.54, 1.807) is 12.1 Å². The van der Waals surface area contributed by atoms with E-state index in [0.29, 0.717) is 0 Å². The molecule has 1 aromatic carbocycles. The van der Waals surface area contributed by atoms with Gasteiger partial charge in [-0.2, -0.15) is 0 Å². The van der Waals surface area contributed by atoms with E-state index in [0.717, 1.165) is 44.8 Å². The number of rotatable bonds is 6. The second kappa shape index (κ2) is 7.73. The van der Waals surface area contributed by atoms with Gasteiger partial charge >= 0.3 is 0 Å². The molecule has 0 amide bonds. The third kappa shape index (κ3) is 4.52. The van der Waals surface area contributed by atoms with Gasteiger partial charge in [0.2, 0.25) is 0 Å². The normalized spacial score (nSPS) is 23.0. The Morgan fingerprint density at radius 2 is 1.91 bits per heavy atom. The Hall–Kier alpha value is -0.970. The molecule has 3 rings (SSSR count). The van der Waals surface area contributed by atoms with Crippen LogP contribution < -0.4 is 5.32 Å². The summed E-state index contributed by atoms with van der Waals surface area (Å²) in [6.07, 6.45) is 5.79. The van der Waals surface area contributed by atoms with Crippen LogP contribution in [-0.2, 0) is 11.2 Å². The maximum atomic E-state index is 13.9. The molecule has 1 atom stereocenters. The number of halogens is 1. The van der Waals surface area contributed by atoms with E-state index in [4.69, 9.17) is 4.74 Å². The lowest BCUT2D eigenvalue weighted by molar-refractivity contribution is 0.0227. The molecular formula is C19H29FN2O. The van der Waals surface area contributed by atoms with E-state index < -0.39 is 0 Å². The highest BCUT2D eigenvalue weighted by Crippen LogP contribution is 2.31. The Bertz CT molecular complexity index is 496. The average molecular weight is 320 g/mol. The Kier molecular flexibility index (Phi) is 5.67. The van der Waals surface area contributed by atoms with E-state index >= 15 is 0 Å². The van der Waals surface area contributed by atoms with Gasteiger partial charge < -0.3 is 10.1 Å². The van der Waals surface area contributed by atoms with Gasteiger partial charge in [-0.15, -0.1) is 0 Å². The highest BCUT2D eigenvalue weighted by molar-refractivity contribution is 5.18. The molecule has 23 heavy (non-hydrogen) atoms. The summed E-state index contributed by atoms with van der Waals surface area (Å²) in [6, 6.07) is 7.42. The van der Waals surface area contributed by atoms with E-state index in [1.807, 2.05) is 12.1 Å². The van der Waals surface area contributed by atoms with Gasteiger partial charge in [0, 0.05) is 31.2 Å². The minimum Gasteiger partial charge on any atom is -0.379 e. The van der Waals surface area contributed by atoms with Crippen LogP contribution in [-0.4, -0.2) is 49.3 Å². The van der Waals surface area contributed by atoms with Crippen molar-refractivity contribution in [2.45, 2.75) is 50.6 Å². The van der Waals surface area contributed by atoms with Crippen molar-refractivity contribution in [3.63, 3.8) is 0 Å². The zero-order chi connectivity index (χ0) is 16.1. The second-order valence-electron chi connectivity index (χ2n) is 7.22. The second-order valence-corrected chi connectivity index (χ2v) is 7.22.